The highest BCUT2D eigenvalue weighted by atomic mass is 16.5. The molecule has 0 unspecified atom stereocenters. The summed E-state index contributed by atoms with van der Waals surface area (Å²) < 4.78 is 6.38. The maximum absolute atomic E-state index is 6.38. The Morgan fingerprint density at radius 1 is 0.302 bits per heavy atom. The molecule has 0 aromatic heterocycles. The summed E-state index contributed by atoms with van der Waals surface area (Å²) in [5, 5.41) is 7.44. The minimum absolute atomic E-state index is 0.912. The highest BCUT2D eigenvalue weighted by molar-refractivity contribution is 6.21. The lowest BCUT2D eigenvalue weighted by Gasteiger charge is -2.22. The molecule has 0 fully saturated rings. The summed E-state index contributed by atoms with van der Waals surface area (Å²) in [7, 11) is 0. The van der Waals surface area contributed by atoms with Crippen LogP contribution in [0.1, 0.15) is 0 Å². The zero-order chi connectivity index (χ0) is 28.3. The van der Waals surface area contributed by atoms with E-state index in [2.05, 4.69) is 146 Å². The zero-order valence-corrected chi connectivity index (χ0v) is 23.4. The summed E-state index contributed by atoms with van der Waals surface area (Å²) in [6.45, 7) is 0. The number of rotatable bonds is 3. The lowest BCUT2D eigenvalue weighted by atomic mass is 9.85. The average molecular weight is 547 g/mol. The van der Waals surface area contributed by atoms with Gasteiger partial charge in [-0.05, 0) is 84.1 Å². The Bertz CT molecular complexity index is 2310. The topological polar surface area (TPSA) is 9.23 Å². The molecule has 1 aliphatic heterocycles. The summed E-state index contributed by atoms with van der Waals surface area (Å²) in [5.74, 6) is 1.83. The van der Waals surface area contributed by atoms with Crippen LogP contribution in [-0.4, -0.2) is 0 Å². The van der Waals surface area contributed by atoms with Crippen molar-refractivity contribution in [1.29, 1.82) is 0 Å². The summed E-state index contributed by atoms with van der Waals surface area (Å²) >= 11 is 0. The van der Waals surface area contributed by atoms with Crippen LogP contribution in [0.5, 0.6) is 11.5 Å². The van der Waals surface area contributed by atoms with Crippen LogP contribution >= 0.6 is 0 Å². The van der Waals surface area contributed by atoms with Gasteiger partial charge in [0.15, 0.2) is 0 Å². The fourth-order valence-corrected chi connectivity index (χ4v) is 7.03. The molecule has 0 saturated carbocycles. The van der Waals surface area contributed by atoms with Gasteiger partial charge in [-0.25, -0.2) is 0 Å². The standard InChI is InChI=1S/C42H26O/c1-2-12-27(13-3-1)40-34-17-4-6-19-36(34)41(37-20-7-5-18-35(37)40)29-15-10-14-28(26-29)30-24-25-39-42-32(30)21-11-22-33(42)31-16-8-9-23-38(31)43-39/h1-26H. The van der Waals surface area contributed by atoms with E-state index >= 15 is 0 Å². The SMILES string of the molecule is c1ccc(-c2c3ccccc3c(-c3cccc(-c4ccc5c6c(cccc46)-c4ccccc4O5)c3)c3ccccc23)cc1. The van der Waals surface area contributed by atoms with Gasteiger partial charge in [-0.3, -0.25) is 0 Å². The van der Waals surface area contributed by atoms with Gasteiger partial charge in [0.05, 0.1) is 0 Å². The Kier molecular flexibility index (Phi) is 5.27. The summed E-state index contributed by atoms with van der Waals surface area (Å²) in [5.41, 5.74) is 9.78. The molecule has 200 valence electrons. The third-order valence-corrected chi connectivity index (χ3v) is 8.86. The molecular formula is C42H26O. The van der Waals surface area contributed by atoms with Crippen molar-refractivity contribution in [2.45, 2.75) is 0 Å². The third kappa shape index (κ3) is 3.65. The highest BCUT2D eigenvalue weighted by Crippen LogP contribution is 2.49. The van der Waals surface area contributed by atoms with Gasteiger partial charge in [-0.15, -0.1) is 0 Å². The van der Waals surface area contributed by atoms with Gasteiger partial charge in [0.2, 0.25) is 0 Å². The Labute approximate surface area is 250 Å². The van der Waals surface area contributed by atoms with Crippen molar-refractivity contribution in [2.24, 2.45) is 0 Å². The molecule has 1 heteroatoms. The van der Waals surface area contributed by atoms with Crippen molar-refractivity contribution in [2.75, 3.05) is 0 Å². The quantitative estimate of drug-likeness (QED) is 0.200. The van der Waals surface area contributed by atoms with Crippen molar-refractivity contribution in [3.05, 3.63) is 158 Å². The molecule has 0 bridgehead atoms. The fraction of sp³-hybridized carbons (Fsp3) is 0. The molecule has 0 aliphatic carbocycles. The van der Waals surface area contributed by atoms with Crippen molar-refractivity contribution in [1.82, 2.24) is 0 Å². The first-order valence-corrected chi connectivity index (χ1v) is 14.8. The van der Waals surface area contributed by atoms with E-state index < -0.39 is 0 Å². The number of ether oxygens (including phenoxy) is 1. The number of hydrogen-bond acceptors (Lipinski definition) is 1. The Balaban J connectivity index is 1.29. The molecule has 9 rings (SSSR count). The molecule has 1 nitrogen and oxygen atoms in total. The molecular weight excluding hydrogens is 520 g/mol. The van der Waals surface area contributed by atoms with Crippen LogP contribution in [0.15, 0.2) is 158 Å². The van der Waals surface area contributed by atoms with Gasteiger partial charge in [-0.2, -0.15) is 0 Å². The summed E-state index contributed by atoms with van der Waals surface area (Å²) in [6.07, 6.45) is 0. The zero-order valence-electron chi connectivity index (χ0n) is 23.4. The lowest BCUT2D eigenvalue weighted by molar-refractivity contribution is 0.487. The molecule has 8 aromatic carbocycles. The Morgan fingerprint density at radius 2 is 0.837 bits per heavy atom. The van der Waals surface area contributed by atoms with Crippen LogP contribution in [0.2, 0.25) is 0 Å². The molecule has 0 radical (unpaired) electrons. The molecule has 1 aliphatic rings. The van der Waals surface area contributed by atoms with Crippen molar-refractivity contribution in [3.63, 3.8) is 0 Å². The number of para-hydroxylation sites is 1. The first-order valence-electron chi connectivity index (χ1n) is 14.8. The van der Waals surface area contributed by atoms with E-state index in [0.717, 1.165) is 17.1 Å². The maximum atomic E-state index is 6.38. The Morgan fingerprint density at radius 3 is 1.58 bits per heavy atom. The van der Waals surface area contributed by atoms with Crippen molar-refractivity contribution < 1.29 is 4.74 Å². The predicted octanol–water partition coefficient (Wildman–Crippen LogP) is 11.9. The van der Waals surface area contributed by atoms with Crippen LogP contribution in [-0.2, 0) is 0 Å². The molecule has 0 spiro atoms. The smallest absolute Gasteiger partial charge is 0.135 e. The minimum Gasteiger partial charge on any atom is -0.456 e. The number of hydrogen-bond donors (Lipinski definition) is 0. The third-order valence-electron chi connectivity index (χ3n) is 8.86. The van der Waals surface area contributed by atoms with Gasteiger partial charge in [0, 0.05) is 10.9 Å². The molecule has 8 aromatic rings. The number of fused-ring (bicyclic) bond motifs is 4. The van der Waals surface area contributed by atoms with Crippen molar-refractivity contribution >= 4 is 32.3 Å². The van der Waals surface area contributed by atoms with Crippen LogP contribution in [0.4, 0.5) is 0 Å². The minimum atomic E-state index is 0.912. The van der Waals surface area contributed by atoms with E-state index in [0.29, 0.717) is 0 Å². The van der Waals surface area contributed by atoms with E-state index in [1.54, 1.807) is 0 Å². The number of benzene rings is 8. The van der Waals surface area contributed by atoms with Gasteiger partial charge in [0.25, 0.3) is 0 Å². The second-order valence-electron chi connectivity index (χ2n) is 11.2. The second-order valence-corrected chi connectivity index (χ2v) is 11.2. The normalized spacial score (nSPS) is 11.9. The lowest BCUT2D eigenvalue weighted by Crippen LogP contribution is -1.97. The van der Waals surface area contributed by atoms with E-state index in [1.807, 2.05) is 12.1 Å². The van der Waals surface area contributed by atoms with Gasteiger partial charge in [0.1, 0.15) is 11.5 Å². The van der Waals surface area contributed by atoms with E-state index in [9.17, 15) is 0 Å². The van der Waals surface area contributed by atoms with E-state index in [1.165, 1.54) is 71.3 Å². The molecule has 0 atom stereocenters. The van der Waals surface area contributed by atoms with Gasteiger partial charge >= 0.3 is 0 Å². The van der Waals surface area contributed by atoms with Gasteiger partial charge < -0.3 is 4.74 Å². The highest BCUT2D eigenvalue weighted by Gasteiger charge is 2.22. The predicted molar refractivity (Wildman–Crippen MR) is 181 cm³/mol. The fourth-order valence-electron chi connectivity index (χ4n) is 7.03. The summed E-state index contributed by atoms with van der Waals surface area (Å²) in [4.78, 5) is 0. The molecule has 0 saturated heterocycles. The first-order chi connectivity index (χ1) is 21.3. The average Bonchev–Trinajstić information content (AvgIpc) is 3.08. The van der Waals surface area contributed by atoms with Crippen LogP contribution < -0.4 is 4.74 Å². The monoisotopic (exact) mass is 546 g/mol. The van der Waals surface area contributed by atoms with Crippen LogP contribution in [0.3, 0.4) is 0 Å². The maximum Gasteiger partial charge on any atom is 0.135 e. The van der Waals surface area contributed by atoms with Crippen LogP contribution in [0, 0.1) is 0 Å². The summed E-state index contributed by atoms with van der Waals surface area (Å²) in [6, 6.07) is 56.7. The van der Waals surface area contributed by atoms with Gasteiger partial charge in [-0.1, -0.05) is 140 Å². The molecule has 43 heavy (non-hydrogen) atoms. The molecule has 0 amide bonds. The van der Waals surface area contributed by atoms with Crippen LogP contribution in [0.25, 0.3) is 76.8 Å². The molecule has 0 N–H and O–H groups in total. The second kappa shape index (κ2) is 9.44. The first kappa shape index (κ1) is 24.0. The Hall–Kier alpha value is -5.66. The van der Waals surface area contributed by atoms with E-state index in [4.69, 9.17) is 4.74 Å². The molecule has 1 heterocycles. The van der Waals surface area contributed by atoms with E-state index in [-0.39, 0.29) is 0 Å². The van der Waals surface area contributed by atoms with Crippen molar-refractivity contribution in [3.8, 4) is 56.0 Å². The largest absolute Gasteiger partial charge is 0.456 e.